The SMILES string of the molecule is O=C(O)c1c(Cl)noc1-c1cccc(O)c1. The summed E-state index contributed by atoms with van der Waals surface area (Å²) in [5, 5.41) is 21.3. The highest BCUT2D eigenvalue weighted by atomic mass is 35.5. The summed E-state index contributed by atoms with van der Waals surface area (Å²) in [6.45, 7) is 0. The van der Waals surface area contributed by atoms with Crippen molar-refractivity contribution >= 4 is 17.6 Å². The molecule has 82 valence electrons. The Morgan fingerprint density at radius 3 is 2.81 bits per heavy atom. The van der Waals surface area contributed by atoms with Crippen molar-refractivity contribution < 1.29 is 19.5 Å². The Balaban J connectivity index is 2.60. The molecule has 2 aromatic rings. The highest BCUT2D eigenvalue weighted by Crippen LogP contribution is 2.30. The van der Waals surface area contributed by atoms with E-state index in [2.05, 4.69) is 5.16 Å². The zero-order chi connectivity index (χ0) is 11.7. The highest BCUT2D eigenvalue weighted by molar-refractivity contribution is 6.32. The number of carbonyl (C=O) groups is 1. The second-order valence-electron chi connectivity index (χ2n) is 3.03. The van der Waals surface area contributed by atoms with Crippen molar-refractivity contribution in [2.45, 2.75) is 0 Å². The van der Waals surface area contributed by atoms with E-state index in [1.54, 1.807) is 12.1 Å². The van der Waals surface area contributed by atoms with Crippen molar-refractivity contribution in [3.63, 3.8) is 0 Å². The van der Waals surface area contributed by atoms with Crippen LogP contribution in [0.4, 0.5) is 0 Å². The van der Waals surface area contributed by atoms with Gasteiger partial charge in [0.15, 0.2) is 10.9 Å². The topological polar surface area (TPSA) is 83.6 Å². The third kappa shape index (κ3) is 1.72. The molecule has 0 bridgehead atoms. The molecule has 0 spiro atoms. The summed E-state index contributed by atoms with van der Waals surface area (Å²) in [6, 6.07) is 5.97. The second kappa shape index (κ2) is 3.86. The number of carboxylic acids is 1. The number of phenolic OH excluding ortho intramolecular Hbond substituents is 1. The summed E-state index contributed by atoms with van der Waals surface area (Å²) in [5.74, 6) is -1.21. The number of rotatable bonds is 2. The average Bonchev–Trinajstić information content (AvgIpc) is 2.60. The molecule has 5 nitrogen and oxygen atoms in total. The first-order chi connectivity index (χ1) is 7.59. The lowest BCUT2D eigenvalue weighted by atomic mass is 10.1. The molecule has 6 heteroatoms. The predicted molar refractivity (Wildman–Crippen MR) is 55.6 cm³/mol. The van der Waals surface area contributed by atoms with Crippen LogP contribution in [0.2, 0.25) is 5.15 Å². The number of phenols is 1. The van der Waals surface area contributed by atoms with Gasteiger partial charge < -0.3 is 14.7 Å². The van der Waals surface area contributed by atoms with Crippen molar-refractivity contribution in [2.75, 3.05) is 0 Å². The molecule has 2 rings (SSSR count). The summed E-state index contributed by atoms with van der Waals surface area (Å²) >= 11 is 5.58. The first-order valence-corrected chi connectivity index (χ1v) is 4.65. The van der Waals surface area contributed by atoms with Crippen LogP contribution in [0.5, 0.6) is 5.75 Å². The fourth-order valence-electron chi connectivity index (χ4n) is 1.30. The maximum Gasteiger partial charge on any atom is 0.342 e. The van der Waals surface area contributed by atoms with E-state index in [0.29, 0.717) is 5.56 Å². The van der Waals surface area contributed by atoms with Gasteiger partial charge in [-0.05, 0) is 12.1 Å². The van der Waals surface area contributed by atoms with Crippen LogP contribution in [0.15, 0.2) is 28.8 Å². The predicted octanol–water partition coefficient (Wildman–Crippen LogP) is 2.40. The minimum atomic E-state index is -1.23. The Labute approximate surface area is 94.9 Å². The standard InChI is InChI=1S/C10H6ClNO4/c11-9-7(10(14)15)8(16-12-9)5-2-1-3-6(13)4-5/h1-4,13H,(H,14,15). The second-order valence-corrected chi connectivity index (χ2v) is 3.39. The largest absolute Gasteiger partial charge is 0.508 e. The van der Waals surface area contributed by atoms with Gasteiger partial charge in [-0.15, -0.1) is 0 Å². The molecule has 1 aromatic carbocycles. The van der Waals surface area contributed by atoms with Gasteiger partial charge in [-0.1, -0.05) is 28.9 Å². The first-order valence-electron chi connectivity index (χ1n) is 4.27. The number of nitrogens with zero attached hydrogens (tertiary/aromatic N) is 1. The Bertz CT molecular complexity index is 550. The van der Waals surface area contributed by atoms with Gasteiger partial charge in [0.2, 0.25) is 0 Å². The van der Waals surface area contributed by atoms with Crippen LogP contribution in [-0.4, -0.2) is 21.3 Å². The number of aromatic nitrogens is 1. The van der Waals surface area contributed by atoms with E-state index in [1.165, 1.54) is 12.1 Å². The molecule has 2 N–H and O–H groups in total. The van der Waals surface area contributed by atoms with Crippen LogP contribution in [0.25, 0.3) is 11.3 Å². The lowest BCUT2D eigenvalue weighted by Gasteiger charge is -1.98. The number of aromatic hydroxyl groups is 1. The van der Waals surface area contributed by atoms with Gasteiger partial charge in [0.1, 0.15) is 11.3 Å². The van der Waals surface area contributed by atoms with Crippen LogP contribution >= 0.6 is 11.6 Å². The Morgan fingerprint density at radius 1 is 1.44 bits per heavy atom. The quantitative estimate of drug-likeness (QED) is 0.841. The van der Waals surface area contributed by atoms with Crippen LogP contribution in [0.3, 0.4) is 0 Å². The maximum absolute atomic E-state index is 10.9. The van der Waals surface area contributed by atoms with E-state index >= 15 is 0 Å². The molecule has 16 heavy (non-hydrogen) atoms. The van der Waals surface area contributed by atoms with E-state index in [1.807, 2.05) is 0 Å². The molecule has 0 saturated heterocycles. The molecule has 0 atom stereocenters. The summed E-state index contributed by atoms with van der Waals surface area (Å²) in [7, 11) is 0. The van der Waals surface area contributed by atoms with Crippen LogP contribution in [0, 0.1) is 0 Å². The fraction of sp³-hybridized carbons (Fsp3) is 0. The van der Waals surface area contributed by atoms with Crippen molar-refractivity contribution in [3.8, 4) is 17.1 Å². The van der Waals surface area contributed by atoms with E-state index in [-0.39, 0.29) is 22.2 Å². The zero-order valence-electron chi connectivity index (χ0n) is 7.85. The first kappa shape index (κ1) is 10.5. The molecule has 0 aliphatic rings. The van der Waals surface area contributed by atoms with Gasteiger partial charge in [0, 0.05) is 5.56 Å². The summed E-state index contributed by atoms with van der Waals surface area (Å²) < 4.78 is 4.82. The average molecular weight is 240 g/mol. The summed E-state index contributed by atoms with van der Waals surface area (Å²) in [6.07, 6.45) is 0. The number of benzene rings is 1. The number of hydrogen-bond donors (Lipinski definition) is 2. The van der Waals surface area contributed by atoms with Gasteiger partial charge in [-0.25, -0.2) is 4.79 Å². The number of aromatic carboxylic acids is 1. The van der Waals surface area contributed by atoms with E-state index in [9.17, 15) is 9.90 Å². The smallest absolute Gasteiger partial charge is 0.342 e. The molecule has 0 unspecified atom stereocenters. The molecule has 0 aliphatic heterocycles. The van der Waals surface area contributed by atoms with E-state index in [0.717, 1.165) is 0 Å². The Kier molecular flexibility index (Phi) is 2.54. The molecule has 0 radical (unpaired) electrons. The summed E-state index contributed by atoms with van der Waals surface area (Å²) in [5.41, 5.74) is 0.184. The molecular formula is C10H6ClNO4. The normalized spacial score (nSPS) is 10.3. The summed E-state index contributed by atoms with van der Waals surface area (Å²) in [4.78, 5) is 10.9. The molecule has 1 aromatic heterocycles. The van der Waals surface area contributed by atoms with Crippen LogP contribution in [-0.2, 0) is 0 Å². The number of carboxylic acid groups (broad SMARTS) is 1. The maximum atomic E-state index is 10.9. The van der Waals surface area contributed by atoms with Crippen molar-refractivity contribution in [3.05, 3.63) is 35.0 Å². The number of hydrogen-bond acceptors (Lipinski definition) is 4. The minimum Gasteiger partial charge on any atom is -0.508 e. The van der Waals surface area contributed by atoms with Crippen LogP contribution in [0.1, 0.15) is 10.4 Å². The van der Waals surface area contributed by atoms with Crippen LogP contribution < -0.4 is 0 Å². The number of halogens is 1. The highest BCUT2D eigenvalue weighted by Gasteiger charge is 2.22. The lowest BCUT2D eigenvalue weighted by Crippen LogP contribution is -1.97. The Hall–Kier alpha value is -2.01. The van der Waals surface area contributed by atoms with Gasteiger partial charge in [0.05, 0.1) is 0 Å². The van der Waals surface area contributed by atoms with Gasteiger partial charge in [-0.3, -0.25) is 0 Å². The molecule has 0 saturated carbocycles. The van der Waals surface area contributed by atoms with E-state index < -0.39 is 5.97 Å². The van der Waals surface area contributed by atoms with Crippen molar-refractivity contribution in [1.29, 1.82) is 0 Å². The third-order valence-electron chi connectivity index (χ3n) is 1.97. The van der Waals surface area contributed by atoms with Crippen molar-refractivity contribution in [2.24, 2.45) is 0 Å². The monoisotopic (exact) mass is 239 g/mol. The Morgan fingerprint density at radius 2 is 2.19 bits per heavy atom. The van der Waals surface area contributed by atoms with Gasteiger partial charge in [-0.2, -0.15) is 0 Å². The molecule has 0 amide bonds. The lowest BCUT2D eigenvalue weighted by molar-refractivity contribution is 0.0697. The molecular weight excluding hydrogens is 234 g/mol. The van der Waals surface area contributed by atoms with E-state index in [4.69, 9.17) is 21.2 Å². The fourth-order valence-corrected chi connectivity index (χ4v) is 1.50. The molecule has 0 aliphatic carbocycles. The minimum absolute atomic E-state index is 0.00126. The molecule has 0 fully saturated rings. The van der Waals surface area contributed by atoms with Gasteiger partial charge >= 0.3 is 5.97 Å². The zero-order valence-corrected chi connectivity index (χ0v) is 8.60. The third-order valence-corrected chi connectivity index (χ3v) is 2.23. The van der Waals surface area contributed by atoms with Crippen molar-refractivity contribution in [1.82, 2.24) is 5.16 Å². The molecule has 1 heterocycles. The van der Waals surface area contributed by atoms with Gasteiger partial charge in [0.25, 0.3) is 0 Å².